The number of hydrogen-bond acceptors (Lipinski definition) is 2. The second-order valence-electron chi connectivity index (χ2n) is 14.2. The van der Waals surface area contributed by atoms with Crippen molar-refractivity contribution in [2.45, 2.75) is 5.41 Å². The van der Waals surface area contributed by atoms with Crippen molar-refractivity contribution in [3.63, 3.8) is 0 Å². The molecule has 254 valence electrons. The first-order chi connectivity index (χ1) is 26.7. The van der Waals surface area contributed by atoms with Gasteiger partial charge < -0.3 is 4.57 Å². The molecule has 0 spiro atoms. The zero-order valence-electron chi connectivity index (χ0n) is 29.3. The molecule has 1 aromatic heterocycles. The molecule has 2 heterocycles. The molecule has 4 heteroatoms. The fraction of sp³-hybridized carbons (Fsp3) is 0.0200. The number of para-hydroxylation sites is 1. The Kier molecular flexibility index (Phi) is 6.74. The van der Waals surface area contributed by atoms with Crippen molar-refractivity contribution in [3.05, 3.63) is 222 Å². The van der Waals surface area contributed by atoms with Crippen molar-refractivity contribution in [2.75, 3.05) is 0 Å². The van der Waals surface area contributed by atoms with Crippen LogP contribution in [0.2, 0.25) is 0 Å². The highest BCUT2D eigenvalue weighted by Crippen LogP contribution is 2.57. The fourth-order valence-electron chi connectivity index (χ4n) is 9.19. The number of aromatic nitrogens is 2. The maximum absolute atomic E-state index is 16.2. The lowest BCUT2D eigenvalue weighted by atomic mass is 9.67. The molecular weight excluding hydrogens is 676 g/mol. The lowest BCUT2D eigenvalue weighted by molar-refractivity contribution is 0.592. The molecule has 0 saturated carbocycles. The van der Waals surface area contributed by atoms with Crippen molar-refractivity contribution in [1.29, 1.82) is 0 Å². The molecule has 11 rings (SSSR count). The van der Waals surface area contributed by atoms with Gasteiger partial charge in [-0.05, 0) is 74.8 Å². The van der Waals surface area contributed by atoms with Gasteiger partial charge in [0.15, 0.2) is 7.14 Å². The molecule has 9 aromatic rings. The van der Waals surface area contributed by atoms with Gasteiger partial charge in [-0.3, -0.25) is 4.57 Å². The molecule has 8 aromatic carbocycles. The summed E-state index contributed by atoms with van der Waals surface area (Å²) in [6.45, 7) is 0. The summed E-state index contributed by atoms with van der Waals surface area (Å²) in [5, 5.41) is 2.46. The van der Waals surface area contributed by atoms with Crippen LogP contribution in [0.5, 0.6) is 0 Å². The number of nitrogens with zero attached hydrogens (tertiary/aromatic N) is 2. The van der Waals surface area contributed by atoms with Crippen molar-refractivity contribution in [2.24, 2.45) is 0 Å². The van der Waals surface area contributed by atoms with Crippen LogP contribution in [0.25, 0.3) is 50.4 Å². The highest BCUT2D eigenvalue weighted by molar-refractivity contribution is 7.86. The number of rotatable bonds is 5. The lowest BCUT2D eigenvalue weighted by Crippen LogP contribution is -2.33. The highest BCUT2D eigenvalue weighted by Gasteiger charge is 2.46. The minimum atomic E-state index is -3.34. The predicted octanol–water partition coefficient (Wildman–Crippen LogP) is 10.7. The van der Waals surface area contributed by atoms with Gasteiger partial charge in [-0.15, -0.1) is 0 Å². The zero-order chi connectivity index (χ0) is 35.9. The minimum absolute atomic E-state index is 0.510. The molecule has 0 radical (unpaired) electrons. The van der Waals surface area contributed by atoms with Crippen molar-refractivity contribution < 1.29 is 4.57 Å². The number of imidazole rings is 1. The molecule has 3 nitrogen and oxygen atoms in total. The monoisotopic (exact) mass is 708 g/mol. The molecule has 2 aliphatic rings. The van der Waals surface area contributed by atoms with E-state index in [1.54, 1.807) is 0 Å². The molecule has 1 aliphatic heterocycles. The van der Waals surface area contributed by atoms with E-state index < -0.39 is 12.6 Å². The van der Waals surface area contributed by atoms with Gasteiger partial charge in [0, 0.05) is 21.5 Å². The van der Waals surface area contributed by atoms with Crippen molar-refractivity contribution in [3.8, 4) is 39.3 Å². The Hall–Kier alpha value is -6.54. The quantitative estimate of drug-likeness (QED) is 0.167. The normalized spacial score (nSPS) is 16.1. The summed E-state index contributed by atoms with van der Waals surface area (Å²) in [6, 6.07) is 70.5. The van der Waals surface area contributed by atoms with Gasteiger partial charge in [0.05, 0.1) is 22.1 Å². The van der Waals surface area contributed by atoms with Crippen molar-refractivity contribution >= 4 is 34.1 Å². The van der Waals surface area contributed by atoms with E-state index >= 15 is 4.57 Å². The topological polar surface area (TPSA) is 34.9 Å². The van der Waals surface area contributed by atoms with E-state index in [9.17, 15) is 0 Å². The van der Waals surface area contributed by atoms with E-state index in [4.69, 9.17) is 4.98 Å². The molecule has 1 atom stereocenters. The van der Waals surface area contributed by atoms with Crippen LogP contribution in [0, 0.1) is 0 Å². The maximum Gasteiger partial charge on any atom is 0.175 e. The third-order valence-corrected chi connectivity index (χ3v) is 14.6. The average Bonchev–Trinajstić information content (AvgIpc) is 3.79. The number of benzene rings is 8. The Bertz CT molecular complexity index is 2910. The summed E-state index contributed by atoms with van der Waals surface area (Å²) >= 11 is 0. The molecule has 1 aliphatic carbocycles. The fourth-order valence-corrected chi connectivity index (χ4v) is 12.2. The van der Waals surface area contributed by atoms with Gasteiger partial charge in [0.2, 0.25) is 0 Å². The Balaban J connectivity index is 1.19. The first-order valence-electron chi connectivity index (χ1n) is 18.4. The largest absolute Gasteiger partial charge is 0.308 e. The van der Waals surface area contributed by atoms with E-state index in [2.05, 4.69) is 138 Å². The molecule has 0 N–H and O–H groups in total. The Morgan fingerprint density at radius 3 is 1.78 bits per heavy atom. The van der Waals surface area contributed by atoms with Crippen LogP contribution in [0.1, 0.15) is 22.3 Å². The second kappa shape index (κ2) is 11.7. The SMILES string of the molecule is O=P1(c2ccccc2)c2cc(-c3ccc4c(c3)C(c3ccccc3)(c3ccccc3)c3ccccc3-4)ccc2-n2c(-c3ccccc3)nc3cccc1c32. The first-order valence-corrected chi connectivity index (χ1v) is 20.1. The predicted molar refractivity (Wildman–Crippen MR) is 222 cm³/mol. The summed E-state index contributed by atoms with van der Waals surface area (Å²) in [5.41, 5.74) is 12.7. The summed E-state index contributed by atoms with van der Waals surface area (Å²) in [6.07, 6.45) is 0. The third-order valence-electron chi connectivity index (χ3n) is 11.5. The molecule has 1 unspecified atom stereocenters. The average molecular weight is 709 g/mol. The van der Waals surface area contributed by atoms with Gasteiger partial charge in [-0.2, -0.15) is 0 Å². The first kappa shape index (κ1) is 31.0. The van der Waals surface area contributed by atoms with Crippen LogP contribution in [0.3, 0.4) is 0 Å². The number of fused-ring (bicyclic) bond motifs is 5. The highest BCUT2D eigenvalue weighted by atomic mass is 31.2. The maximum atomic E-state index is 16.2. The van der Waals surface area contributed by atoms with Crippen LogP contribution >= 0.6 is 7.14 Å². The van der Waals surface area contributed by atoms with Gasteiger partial charge in [-0.25, -0.2) is 4.98 Å². The zero-order valence-corrected chi connectivity index (χ0v) is 30.2. The van der Waals surface area contributed by atoms with Gasteiger partial charge in [0.25, 0.3) is 0 Å². The van der Waals surface area contributed by atoms with Crippen LogP contribution in [0.4, 0.5) is 0 Å². The standard InChI is InChI=1S/C50H33N2OP/c53-54(39-22-11-4-12-23-39)46-27-15-26-44-48(46)52(49(51-44)34-16-5-1-6-17-34)45-31-29-36(33-47(45)54)35-28-30-41-40-24-13-14-25-42(40)50(43(41)32-35,37-18-7-2-8-19-37)38-20-9-3-10-21-38/h1-33H. The smallest absolute Gasteiger partial charge is 0.175 e. The van der Waals surface area contributed by atoms with E-state index in [0.717, 1.165) is 55.1 Å². The minimum Gasteiger partial charge on any atom is -0.308 e. The molecule has 0 bridgehead atoms. The van der Waals surface area contributed by atoms with Crippen LogP contribution in [-0.2, 0) is 9.98 Å². The van der Waals surface area contributed by atoms with Crippen LogP contribution in [-0.4, -0.2) is 9.55 Å². The Morgan fingerprint density at radius 2 is 1.06 bits per heavy atom. The summed E-state index contributed by atoms with van der Waals surface area (Å²) in [5.74, 6) is 0.845. The van der Waals surface area contributed by atoms with Crippen LogP contribution < -0.4 is 15.9 Å². The summed E-state index contributed by atoms with van der Waals surface area (Å²) in [4.78, 5) is 5.17. The van der Waals surface area contributed by atoms with E-state index in [-0.39, 0.29) is 0 Å². The summed E-state index contributed by atoms with van der Waals surface area (Å²) < 4.78 is 18.4. The van der Waals surface area contributed by atoms with Crippen molar-refractivity contribution in [1.82, 2.24) is 9.55 Å². The second-order valence-corrected chi connectivity index (χ2v) is 16.9. The third kappa shape index (κ3) is 4.19. The summed E-state index contributed by atoms with van der Waals surface area (Å²) in [7, 11) is -3.34. The number of hydrogen-bond donors (Lipinski definition) is 0. The van der Waals surface area contributed by atoms with E-state index in [0.29, 0.717) is 0 Å². The lowest BCUT2D eigenvalue weighted by Gasteiger charge is -2.34. The molecule has 0 fully saturated rings. The van der Waals surface area contributed by atoms with E-state index in [1.165, 1.54) is 33.4 Å². The Labute approximate surface area is 314 Å². The van der Waals surface area contributed by atoms with Gasteiger partial charge in [0.1, 0.15) is 5.82 Å². The van der Waals surface area contributed by atoms with E-state index in [1.807, 2.05) is 66.7 Å². The van der Waals surface area contributed by atoms with Gasteiger partial charge >= 0.3 is 0 Å². The van der Waals surface area contributed by atoms with Crippen LogP contribution in [0.15, 0.2) is 200 Å². The van der Waals surface area contributed by atoms with Gasteiger partial charge in [-0.1, -0.05) is 170 Å². The Morgan fingerprint density at radius 1 is 0.463 bits per heavy atom. The molecule has 0 amide bonds. The molecule has 0 saturated heterocycles. The molecular formula is C50H33N2OP. The molecule has 54 heavy (non-hydrogen) atoms.